The maximum absolute atomic E-state index is 11.9. The Labute approximate surface area is 247 Å². The predicted molar refractivity (Wildman–Crippen MR) is 167 cm³/mol. The van der Waals surface area contributed by atoms with Gasteiger partial charge in [0.1, 0.15) is 0 Å². The molecule has 12 heteroatoms. The number of guanidine groups is 1. The fourth-order valence-corrected chi connectivity index (χ4v) is 4.38. The van der Waals surface area contributed by atoms with Gasteiger partial charge in [-0.3, -0.25) is 16.2 Å². The summed E-state index contributed by atoms with van der Waals surface area (Å²) in [6.45, 7) is 27.3. The number of nitrogens with zero attached hydrogens (tertiary/aromatic N) is 5. The first kappa shape index (κ1) is 35.2. The highest BCUT2D eigenvalue weighted by Crippen LogP contribution is 2.34. The number of nitrogens with one attached hydrogen (secondary N) is 1. The number of hydrogen-bond donors (Lipinski definition) is 2. The third kappa shape index (κ3) is 11.3. The highest BCUT2D eigenvalue weighted by Gasteiger charge is 2.38. The average Bonchev–Trinajstić information content (AvgIpc) is 3.65. The Kier molecular flexibility index (Phi) is 15.2. The number of carbonyl (C=O) groups is 1. The molecule has 0 spiro atoms. The second-order valence-corrected chi connectivity index (χ2v) is 10.00. The van der Waals surface area contributed by atoms with E-state index in [9.17, 15) is 4.79 Å². The number of hydrogen-bond acceptors (Lipinski definition) is 10. The molecule has 0 radical (unpaired) electrons. The van der Waals surface area contributed by atoms with Crippen molar-refractivity contribution in [2.75, 3.05) is 19.9 Å². The van der Waals surface area contributed by atoms with Gasteiger partial charge >= 0.3 is 5.97 Å². The van der Waals surface area contributed by atoms with Crippen LogP contribution >= 0.6 is 11.3 Å². The highest BCUT2D eigenvalue weighted by molar-refractivity contribution is 7.10. The second-order valence-electron chi connectivity index (χ2n) is 9.11. The van der Waals surface area contributed by atoms with Crippen LogP contribution in [0.25, 0.3) is 0 Å². The Morgan fingerprint density at radius 2 is 1.90 bits per heavy atom. The first-order valence-electron chi connectivity index (χ1n) is 13.0. The predicted octanol–water partition coefficient (Wildman–Crippen LogP) is 5.75. The lowest BCUT2D eigenvalue weighted by molar-refractivity contribution is 0.0520. The Balaban J connectivity index is 0.000000577. The van der Waals surface area contributed by atoms with Crippen LogP contribution in [0.3, 0.4) is 0 Å². The third-order valence-electron chi connectivity index (χ3n) is 5.68. The summed E-state index contributed by atoms with van der Waals surface area (Å²) in [5.74, 6) is 7.17. The molecule has 2 aliphatic heterocycles. The molecule has 0 aromatic carbocycles. The van der Waals surface area contributed by atoms with Gasteiger partial charge in [0, 0.05) is 35.5 Å². The fraction of sp³-hybridized carbons (Fsp3) is 0.414. The van der Waals surface area contributed by atoms with Gasteiger partial charge < -0.3 is 14.2 Å². The lowest BCUT2D eigenvalue weighted by Crippen LogP contribution is -2.43. The first-order valence-corrected chi connectivity index (χ1v) is 13.9. The van der Waals surface area contributed by atoms with Crippen molar-refractivity contribution in [1.29, 1.82) is 5.41 Å². The monoisotopic (exact) mass is 585 g/mol. The molecule has 2 atom stereocenters. The molecule has 2 unspecified atom stereocenters. The summed E-state index contributed by atoms with van der Waals surface area (Å²) >= 11 is 1.41. The van der Waals surface area contributed by atoms with Crippen LogP contribution in [0.4, 0.5) is 0 Å². The molecule has 41 heavy (non-hydrogen) atoms. The van der Waals surface area contributed by atoms with Crippen LogP contribution < -0.4 is 5.84 Å². The van der Waals surface area contributed by atoms with Crippen molar-refractivity contribution in [1.82, 2.24) is 14.9 Å². The molecule has 3 heterocycles. The highest BCUT2D eigenvalue weighted by atomic mass is 32.1. The maximum atomic E-state index is 11.9. The third-order valence-corrected chi connectivity index (χ3v) is 6.65. The van der Waals surface area contributed by atoms with E-state index in [4.69, 9.17) is 25.5 Å². The van der Waals surface area contributed by atoms with Crippen molar-refractivity contribution in [2.45, 2.75) is 59.9 Å². The summed E-state index contributed by atoms with van der Waals surface area (Å²) in [5, 5.41) is 11.8. The SMILES string of the molecule is C=C1OCOC1=C.C=CN(C=N)C(=NC(=C)C)/N=C(\C)C1C(c2nc(C(=O)OCC)cs2)CCN1N.CC=C(C)C. The standard InChI is InChI=1S/C19H27N7O2S.C5H6O2.C5H10/c1-6-25(11-20)19(22-12(3)4)23-13(5)16-14(8-9-26(16)21)17-24-15(10-29-17)18(27)28-7-2;1-4-5(2)7-3-6-4;1-4-5(2)3/h6,10-11,14,16,20H,1,3,7-9,21H2,2,4-5H3;1-3H2;4H,1-3H3/b20-11?,22-19?,23-13+;;. The summed E-state index contributed by atoms with van der Waals surface area (Å²) in [5.41, 5.74) is 2.96. The number of hydrazine groups is 1. The molecule has 0 saturated carbocycles. The molecule has 0 bridgehead atoms. The van der Waals surface area contributed by atoms with E-state index in [2.05, 4.69) is 61.2 Å². The first-order chi connectivity index (χ1) is 19.4. The lowest BCUT2D eigenvalue weighted by Gasteiger charge is -2.24. The molecule has 0 aliphatic carbocycles. The van der Waals surface area contributed by atoms with Crippen LogP contribution in [0.1, 0.15) is 69.4 Å². The Hall–Kier alpha value is -3.87. The van der Waals surface area contributed by atoms with Crippen LogP contribution in [0, 0.1) is 5.41 Å². The molecule has 2 fully saturated rings. The van der Waals surface area contributed by atoms with Gasteiger partial charge in [0.25, 0.3) is 0 Å². The smallest absolute Gasteiger partial charge is 0.357 e. The molecular weight excluding hydrogens is 542 g/mol. The van der Waals surface area contributed by atoms with Gasteiger partial charge in [-0.15, -0.1) is 11.3 Å². The number of ether oxygens (including phenoxy) is 3. The molecule has 3 N–H and O–H groups in total. The van der Waals surface area contributed by atoms with E-state index in [1.165, 1.54) is 28.0 Å². The molecule has 1 aromatic rings. The minimum absolute atomic E-state index is 0.0137. The van der Waals surface area contributed by atoms with Crippen molar-refractivity contribution in [2.24, 2.45) is 15.8 Å². The molecule has 2 saturated heterocycles. The van der Waals surface area contributed by atoms with Crippen molar-refractivity contribution < 1.29 is 19.0 Å². The number of carbonyl (C=O) groups excluding carboxylic acids is 1. The van der Waals surface area contributed by atoms with Gasteiger partial charge in [-0.05, 0) is 48.0 Å². The normalized spacial score (nSPS) is 18.5. The van der Waals surface area contributed by atoms with E-state index >= 15 is 0 Å². The molecule has 3 rings (SSSR count). The summed E-state index contributed by atoms with van der Waals surface area (Å²) in [6, 6.07) is -0.219. The zero-order chi connectivity index (χ0) is 31.1. The van der Waals surface area contributed by atoms with Crippen molar-refractivity contribution in [3.8, 4) is 0 Å². The molecular formula is C29H43N7O4S. The molecule has 224 valence electrons. The number of nitrogens with two attached hydrogens (primary N) is 1. The second kappa shape index (κ2) is 17.7. The van der Waals surface area contributed by atoms with E-state index in [-0.39, 0.29) is 24.7 Å². The van der Waals surface area contributed by atoms with Gasteiger partial charge in [0.05, 0.1) is 24.0 Å². The van der Waals surface area contributed by atoms with Crippen LogP contribution in [0.5, 0.6) is 0 Å². The van der Waals surface area contributed by atoms with Crippen LogP contribution in [0.2, 0.25) is 0 Å². The Morgan fingerprint density at radius 1 is 1.29 bits per heavy atom. The minimum Gasteiger partial charge on any atom is -0.461 e. The van der Waals surface area contributed by atoms with Gasteiger partial charge in [-0.2, -0.15) is 0 Å². The van der Waals surface area contributed by atoms with Gasteiger partial charge in [0.15, 0.2) is 17.2 Å². The van der Waals surface area contributed by atoms with Crippen molar-refractivity contribution in [3.05, 3.63) is 77.5 Å². The van der Waals surface area contributed by atoms with Gasteiger partial charge in [-0.25, -0.2) is 24.8 Å². The number of allylic oxidation sites excluding steroid dienone is 3. The fourth-order valence-electron chi connectivity index (χ4n) is 3.42. The molecule has 11 nitrogen and oxygen atoms in total. The lowest BCUT2D eigenvalue weighted by atomic mass is 9.98. The summed E-state index contributed by atoms with van der Waals surface area (Å²) in [6.07, 6.45) is 5.39. The topological polar surface area (TPSA) is 139 Å². The van der Waals surface area contributed by atoms with Gasteiger partial charge in [-0.1, -0.05) is 38.0 Å². The van der Waals surface area contributed by atoms with Gasteiger partial charge in [0.2, 0.25) is 12.8 Å². The quantitative estimate of drug-likeness (QED) is 0.136. The summed E-state index contributed by atoms with van der Waals surface area (Å²) < 4.78 is 14.5. The largest absolute Gasteiger partial charge is 0.461 e. The molecule has 2 aliphatic rings. The van der Waals surface area contributed by atoms with E-state index < -0.39 is 5.97 Å². The minimum atomic E-state index is -0.428. The Morgan fingerprint density at radius 3 is 2.34 bits per heavy atom. The molecule has 1 aromatic heterocycles. The number of aliphatic imine (C=N–C) groups is 2. The van der Waals surface area contributed by atoms with E-state index in [1.807, 2.05) is 13.8 Å². The zero-order valence-electron chi connectivity index (χ0n) is 25.0. The van der Waals surface area contributed by atoms with E-state index in [1.54, 1.807) is 24.2 Å². The van der Waals surface area contributed by atoms with Crippen LogP contribution in [-0.4, -0.2) is 64.9 Å². The number of thiazole rings is 1. The zero-order valence-corrected chi connectivity index (χ0v) is 25.8. The number of rotatable bonds is 7. The molecule has 0 amide bonds. The van der Waals surface area contributed by atoms with Crippen LogP contribution in [0.15, 0.2) is 76.7 Å². The van der Waals surface area contributed by atoms with E-state index in [0.717, 1.165) is 23.5 Å². The van der Waals surface area contributed by atoms with E-state index in [0.29, 0.717) is 36.1 Å². The average molecular weight is 586 g/mol. The maximum Gasteiger partial charge on any atom is 0.357 e. The van der Waals surface area contributed by atoms with Crippen LogP contribution in [-0.2, 0) is 14.2 Å². The summed E-state index contributed by atoms with van der Waals surface area (Å²) in [4.78, 5) is 26.7. The Bertz CT molecular complexity index is 1180. The number of aromatic nitrogens is 1. The van der Waals surface area contributed by atoms with Crippen molar-refractivity contribution in [3.63, 3.8) is 0 Å². The number of esters is 1. The van der Waals surface area contributed by atoms with Crippen molar-refractivity contribution >= 4 is 35.3 Å². The summed E-state index contributed by atoms with van der Waals surface area (Å²) in [7, 11) is 0.